The minimum atomic E-state index is 1.09. The Morgan fingerprint density at radius 1 is 0.615 bits per heavy atom. The SMILES string of the molecule is I[C@@H]1[C@H]2[C@@H]3[C@H](I)[C@H]4[C@H]5C[C@H]([C@@H]24)[C@@H]1[C@@H]53. The van der Waals surface area contributed by atoms with Crippen molar-refractivity contribution >= 4 is 45.2 Å². The van der Waals surface area contributed by atoms with Crippen LogP contribution in [0.25, 0.3) is 0 Å². The highest BCUT2D eigenvalue weighted by Gasteiger charge is 2.82. The smallest absolute Gasteiger partial charge is 0.0178 e. The predicted molar refractivity (Wildman–Crippen MR) is 68.2 cm³/mol. The standard InChI is InChI=1S/C11H12I2/c12-10-6-2-1-3-5(6)9-8(10)4(2)7(3)11(9)13/h2-11H,1H2/t2-,3+,4-,5-,6-,7+,8-,9-,10+,11-/m1/s1. The molecule has 0 aromatic carbocycles. The normalized spacial score (nSPS) is 85.4. The van der Waals surface area contributed by atoms with E-state index in [9.17, 15) is 0 Å². The average Bonchev–Trinajstić information content (AvgIpc) is 2.78. The summed E-state index contributed by atoms with van der Waals surface area (Å²) in [5.41, 5.74) is 0. The van der Waals surface area contributed by atoms with E-state index in [1.54, 1.807) is 6.42 Å². The number of rotatable bonds is 0. The lowest BCUT2D eigenvalue weighted by molar-refractivity contribution is 0.132. The van der Waals surface area contributed by atoms with Crippen LogP contribution in [0.5, 0.6) is 0 Å². The molecule has 0 radical (unpaired) electrons. The summed E-state index contributed by atoms with van der Waals surface area (Å²) in [4.78, 5) is 0. The zero-order chi connectivity index (χ0) is 8.48. The first-order valence-corrected chi connectivity index (χ1v) is 8.08. The topological polar surface area (TPSA) is 0 Å². The minimum absolute atomic E-state index is 1.09. The van der Waals surface area contributed by atoms with Crippen molar-refractivity contribution in [3.63, 3.8) is 0 Å². The quantitative estimate of drug-likeness (QED) is 0.435. The molecule has 70 valence electrons. The molecule has 0 spiro atoms. The van der Waals surface area contributed by atoms with E-state index in [0.717, 1.165) is 7.85 Å². The van der Waals surface area contributed by atoms with Crippen LogP contribution < -0.4 is 0 Å². The maximum atomic E-state index is 2.81. The summed E-state index contributed by atoms with van der Waals surface area (Å²) in [6.45, 7) is 0. The first kappa shape index (κ1) is 7.69. The second kappa shape index (κ2) is 1.98. The fourth-order valence-electron chi connectivity index (χ4n) is 6.45. The number of hydrogen-bond acceptors (Lipinski definition) is 0. The van der Waals surface area contributed by atoms with E-state index in [1.165, 1.54) is 47.3 Å². The zero-order valence-corrected chi connectivity index (χ0v) is 11.6. The lowest BCUT2D eigenvalue weighted by Crippen LogP contribution is -2.30. The fraction of sp³-hybridized carbons (Fsp3) is 1.00. The molecule has 0 nitrogen and oxygen atoms in total. The fourth-order valence-corrected chi connectivity index (χ4v) is 10.4. The van der Waals surface area contributed by atoms with Gasteiger partial charge in [-0.2, -0.15) is 0 Å². The van der Waals surface area contributed by atoms with Crippen LogP contribution in [-0.2, 0) is 0 Å². The molecular weight excluding hydrogens is 386 g/mol. The number of hydrogen-bond donors (Lipinski definition) is 0. The van der Waals surface area contributed by atoms with Crippen molar-refractivity contribution in [1.29, 1.82) is 0 Å². The number of halogens is 2. The summed E-state index contributed by atoms with van der Waals surface area (Å²) in [7, 11) is 0. The van der Waals surface area contributed by atoms with Crippen LogP contribution in [0.3, 0.4) is 0 Å². The Morgan fingerprint density at radius 2 is 1.08 bits per heavy atom. The third-order valence-electron chi connectivity index (χ3n) is 6.21. The molecule has 0 amide bonds. The predicted octanol–water partition coefficient (Wildman–Crippen LogP) is 2.98. The molecule has 6 aliphatic rings. The average molecular weight is 398 g/mol. The van der Waals surface area contributed by atoms with Gasteiger partial charge in [-0.25, -0.2) is 0 Å². The van der Waals surface area contributed by atoms with E-state index in [0.29, 0.717) is 0 Å². The van der Waals surface area contributed by atoms with Crippen LogP contribution in [0.2, 0.25) is 0 Å². The van der Waals surface area contributed by atoms with Gasteiger partial charge in [0.2, 0.25) is 0 Å². The molecule has 0 aliphatic heterocycles. The Hall–Kier alpha value is 1.46. The molecule has 6 rings (SSSR count). The highest BCUT2D eigenvalue weighted by atomic mass is 127. The van der Waals surface area contributed by atoms with Gasteiger partial charge in [0.15, 0.2) is 0 Å². The monoisotopic (exact) mass is 398 g/mol. The minimum Gasteiger partial charge on any atom is -0.0820 e. The summed E-state index contributed by atoms with van der Waals surface area (Å²) in [5, 5.41) is 0. The van der Waals surface area contributed by atoms with Crippen molar-refractivity contribution in [2.75, 3.05) is 0 Å². The molecule has 0 aromatic heterocycles. The summed E-state index contributed by atoms with van der Waals surface area (Å²) < 4.78 is 2.19. The molecule has 2 heteroatoms. The van der Waals surface area contributed by atoms with Crippen molar-refractivity contribution in [2.24, 2.45) is 47.3 Å². The van der Waals surface area contributed by atoms with Gasteiger partial charge < -0.3 is 0 Å². The lowest BCUT2D eigenvalue weighted by Gasteiger charge is -2.33. The Labute approximate surface area is 106 Å². The van der Waals surface area contributed by atoms with Gasteiger partial charge in [0, 0.05) is 7.85 Å². The van der Waals surface area contributed by atoms with Crippen molar-refractivity contribution in [2.45, 2.75) is 14.3 Å². The van der Waals surface area contributed by atoms with Crippen LogP contribution in [0.4, 0.5) is 0 Å². The van der Waals surface area contributed by atoms with Crippen molar-refractivity contribution < 1.29 is 0 Å². The highest BCUT2D eigenvalue weighted by Crippen LogP contribution is 2.84. The van der Waals surface area contributed by atoms with E-state index in [1.807, 2.05) is 0 Å². The van der Waals surface area contributed by atoms with Gasteiger partial charge in [-0.05, 0) is 53.8 Å². The van der Waals surface area contributed by atoms with Crippen molar-refractivity contribution in [3.05, 3.63) is 0 Å². The van der Waals surface area contributed by atoms with E-state index in [4.69, 9.17) is 0 Å². The van der Waals surface area contributed by atoms with Gasteiger partial charge in [-0.1, -0.05) is 45.2 Å². The molecule has 6 saturated carbocycles. The molecule has 6 bridgehead atoms. The molecular formula is C11H12I2. The van der Waals surface area contributed by atoms with Crippen LogP contribution in [0.15, 0.2) is 0 Å². The van der Waals surface area contributed by atoms with Gasteiger partial charge in [0.05, 0.1) is 0 Å². The molecule has 0 aromatic rings. The Morgan fingerprint density at radius 3 is 1.54 bits per heavy atom. The van der Waals surface area contributed by atoms with Gasteiger partial charge in [-0.3, -0.25) is 0 Å². The summed E-state index contributed by atoms with van der Waals surface area (Å²) in [6, 6.07) is 0. The van der Waals surface area contributed by atoms with Gasteiger partial charge in [0.25, 0.3) is 0 Å². The van der Waals surface area contributed by atoms with Crippen LogP contribution in [-0.4, -0.2) is 7.85 Å². The summed E-state index contributed by atoms with van der Waals surface area (Å²) in [6.07, 6.45) is 1.65. The highest BCUT2D eigenvalue weighted by molar-refractivity contribution is 14.1. The second-order valence-electron chi connectivity index (χ2n) is 5.92. The molecule has 0 N–H and O–H groups in total. The van der Waals surface area contributed by atoms with Gasteiger partial charge in [-0.15, -0.1) is 0 Å². The third kappa shape index (κ3) is 0.535. The van der Waals surface area contributed by atoms with Crippen LogP contribution in [0, 0.1) is 47.3 Å². The second-order valence-corrected chi connectivity index (χ2v) is 8.79. The van der Waals surface area contributed by atoms with E-state index in [-0.39, 0.29) is 0 Å². The van der Waals surface area contributed by atoms with Crippen molar-refractivity contribution in [3.8, 4) is 0 Å². The molecule has 0 saturated heterocycles. The molecule has 13 heavy (non-hydrogen) atoms. The lowest BCUT2D eigenvalue weighted by atomic mass is 9.71. The third-order valence-corrected chi connectivity index (χ3v) is 9.54. The summed E-state index contributed by atoms with van der Waals surface area (Å²) >= 11 is 5.61. The zero-order valence-electron chi connectivity index (χ0n) is 7.24. The Balaban J connectivity index is 1.86. The van der Waals surface area contributed by atoms with Gasteiger partial charge in [0.1, 0.15) is 0 Å². The van der Waals surface area contributed by atoms with E-state index < -0.39 is 0 Å². The van der Waals surface area contributed by atoms with Crippen LogP contribution >= 0.6 is 45.2 Å². The Bertz CT molecular complexity index is 281. The Kier molecular flexibility index (Phi) is 1.17. The molecule has 0 unspecified atom stereocenters. The first-order chi connectivity index (χ1) is 6.30. The first-order valence-electron chi connectivity index (χ1n) is 5.59. The molecule has 0 heterocycles. The molecule has 6 aliphatic carbocycles. The largest absolute Gasteiger partial charge is 0.0820 e. The van der Waals surface area contributed by atoms with E-state index >= 15 is 0 Å². The maximum Gasteiger partial charge on any atom is 0.0178 e. The number of alkyl halides is 2. The van der Waals surface area contributed by atoms with Crippen LogP contribution in [0.1, 0.15) is 6.42 Å². The molecule has 6 fully saturated rings. The van der Waals surface area contributed by atoms with Gasteiger partial charge >= 0.3 is 0 Å². The van der Waals surface area contributed by atoms with E-state index in [2.05, 4.69) is 45.2 Å². The molecule has 10 atom stereocenters. The summed E-state index contributed by atoms with van der Waals surface area (Å²) in [5.74, 6) is 9.62. The van der Waals surface area contributed by atoms with Crippen molar-refractivity contribution in [1.82, 2.24) is 0 Å². The maximum absolute atomic E-state index is 2.81.